The van der Waals surface area contributed by atoms with Crippen molar-refractivity contribution in [3.8, 4) is 17.2 Å². The summed E-state index contributed by atoms with van der Waals surface area (Å²) in [4.78, 5) is 25.1. The van der Waals surface area contributed by atoms with Crippen molar-refractivity contribution in [3.05, 3.63) is 53.1 Å². The van der Waals surface area contributed by atoms with E-state index in [-0.39, 0.29) is 12.2 Å². The molecule has 27 heavy (non-hydrogen) atoms. The number of carbonyl (C=O) groups excluding carboxylic acids is 2. The molecule has 1 heterocycles. The molecule has 0 saturated carbocycles. The second-order valence-electron chi connectivity index (χ2n) is 6.42. The summed E-state index contributed by atoms with van der Waals surface area (Å²) in [6.45, 7) is 3.61. The number of rotatable bonds is 5. The van der Waals surface area contributed by atoms with E-state index >= 15 is 0 Å². The third-order valence-electron chi connectivity index (χ3n) is 4.55. The monoisotopic (exact) mass is 370 g/mol. The second kappa shape index (κ2) is 7.70. The van der Waals surface area contributed by atoms with E-state index in [1.165, 1.54) is 7.11 Å². The van der Waals surface area contributed by atoms with E-state index in [9.17, 15) is 9.59 Å². The van der Waals surface area contributed by atoms with Crippen LogP contribution in [0.5, 0.6) is 17.2 Å². The number of ether oxygens (including phenoxy) is 4. The highest BCUT2D eigenvalue weighted by Gasteiger charge is 2.34. The highest BCUT2D eigenvalue weighted by molar-refractivity contribution is 5.95. The number of methoxy groups -OCH3 is 2. The van der Waals surface area contributed by atoms with Crippen molar-refractivity contribution in [1.82, 2.24) is 0 Å². The summed E-state index contributed by atoms with van der Waals surface area (Å²) in [7, 11) is 2.85. The first-order valence-corrected chi connectivity index (χ1v) is 8.65. The molecule has 0 radical (unpaired) electrons. The molecule has 0 aromatic heterocycles. The summed E-state index contributed by atoms with van der Waals surface area (Å²) in [6, 6.07) is 10.6. The molecule has 1 aliphatic rings. The number of esters is 1. The van der Waals surface area contributed by atoms with Crippen LogP contribution in [-0.2, 0) is 16.0 Å². The summed E-state index contributed by atoms with van der Waals surface area (Å²) >= 11 is 0. The van der Waals surface area contributed by atoms with E-state index in [4.69, 9.17) is 18.9 Å². The van der Waals surface area contributed by atoms with Gasteiger partial charge in [-0.15, -0.1) is 0 Å². The largest absolute Gasteiger partial charge is 0.496 e. The van der Waals surface area contributed by atoms with Gasteiger partial charge in [-0.25, -0.2) is 4.79 Å². The molecule has 0 bridgehead atoms. The second-order valence-corrected chi connectivity index (χ2v) is 6.42. The van der Waals surface area contributed by atoms with E-state index in [1.54, 1.807) is 38.3 Å². The van der Waals surface area contributed by atoms with Crippen molar-refractivity contribution in [1.29, 1.82) is 0 Å². The maximum absolute atomic E-state index is 12.9. The van der Waals surface area contributed by atoms with Crippen LogP contribution in [0, 0.1) is 6.92 Å². The molecular weight excluding hydrogens is 348 g/mol. The van der Waals surface area contributed by atoms with E-state index in [1.807, 2.05) is 19.1 Å². The Labute approximate surface area is 158 Å². The lowest BCUT2D eigenvalue weighted by Gasteiger charge is -2.31. The van der Waals surface area contributed by atoms with Gasteiger partial charge in [0.25, 0.3) is 0 Å². The van der Waals surface area contributed by atoms with Gasteiger partial charge >= 0.3 is 5.97 Å². The third-order valence-corrected chi connectivity index (χ3v) is 4.55. The first-order chi connectivity index (χ1) is 12.9. The fraction of sp³-hybridized carbons (Fsp3) is 0.333. The number of ketones is 1. The molecule has 6 nitrogen and oxygen atoms in total. The molecule has 3 rings (SSSR count). The Balaban J connectivity index is 1.88. The molecule has 0 N–H and O–H groups in total. The summed E-state index contributed by atoms with van der Waals surface area (Å²) in [5.41, 5.74) is 1.66. The minimum absolute atomic E-state index is 0.00159. The normalized spacial score (nSPS) is 17.9. The Morgan fingerprint density at radius 2 is 1.74 bits per heavy atom. The molecule has 0 amide bonds. The van der Waals surface area contributed by atoms with Gasteiger partial charge in [0.05, 0.1) is 19.8 Å². The Kier molecular flexibility index (Phi) is 5.35. The lowest BCUT2D eigenvalue weighted by Crippen LogP contribution is -2.44. The Morgan fingerprint density at radius 3 is 2.37 bits per heavy atom. The molecule has 6 heteroatoms. The predicted octanol–water partition coefficient (Wildman–Crippen LogP) is 3.13. The Hall–Kier alpha value is -3.02. The number of hydrogen-bond donors (Lipinski definition) is 0. The summed E-state index contributed by atoms with van der Waals surface area (Å²) in [6.07, 6.45) is -1.21. The fourth-order valence-electron chi connectivity index (χ4n) is 3.15. The minimum atomic E-state index is -0.766. The van der Waals surface area contributed by atoms with Crippen LogP contribution in [0.25, 0.3) is 0 Å². The molecule has 142 valence electrons. The quantitative estimate of drug-likeness (QED) is 0.753. The zero-order valence-corrected chi connectivity index (χ0v) is 15.8. The average molecular weight is 370 g/mol. The van der Waals surface area contributed by atoms with Gasteiger partial charge in [0.15, 0.2) is 23.4 Å². The zero-order chi connectivity index (χ0) is 19.6. The molecule has 2 aromatic rings. The van der Waals surface area contributed by atoms with E-state index in [2.05, 4.69) is 0 Å². The maximum atomic E-state index is 12.9. The Morgan fingerprint density at radius 1 is 1.07 bits per heavy atom. The molecule has 0 aliphatic carbocycles. The van der Waals surface area contributed by atoms with Crippen LogP contribution in [0.15, 0.2) is 36.4 Å². The van der Waals surface area contributed by atoms with Gasteiger partial charge in [-0.3, -0.25) is 4.79 Å². The molecular formula is C21H22O6. The summed E-state index contributed by atoms with van der Waals surface area (Å²) in [5.74, 6) is 1.06. The van der Waals surface area contributed by atoms with Gasteiger partial charge in [0, 0.05) is 6.42 Å². The Bertz CT molecular complexity index is 873. The van der Waals surface area contributed by atoms with Crippen LogP contribution in [-0.4, -0.2) is 38.2 Å². The van der Waals surface area contributed by atoms with Crippen LogP contribution in [0.1, 0.15) is 28.4 Å². The molecule has 0 fully saturated rings. The van der Waals surface area contributed by atoms with Gasteiger partial charge in [-0.1, -0.05) is 12.1 Å². The van der Waals surface area contributed by atoms with Gasteiger partial charge in [-0.05, 0) is 49.2 Å². The summed E-state index contributed by atoms with van der Waals surface area (Å²) < 4.78 is 21.8. The molecule has 2 aromatic carbocycles. The molecule has 1 aliphatic heterocycles. The average Bonchev–Trinajstić information content (AvgIpc) is 2.67. The van der Waals surface area contributed by atoms with Crippen LogP contribution in [0.2, 0.25) is 0 Å². The van der Waals surface area contributed by atoms with Gasteiger partial charge in [0.2, 0.25) is 0 Å². The highest BCUT2D eigenvalue weighted by Crippen LogP contribution is 2.34. The van der Waals surface area contributed by atoms with Crippen molar-refractivity contribution in [3.63, 3.8) is 0 Å². The molecule has 2 unspecified atom stereocenters. The SMILES string of the molecule is COC(=O)c1cc(C)c(OC)cc1CC(=O)C1Oc2ccccc2OC1C. The smallest absolute Gasteiger partial charge is 0.338 e. The predicted molar refractivity (Wildman–Crippen MR) is 98.7 cm³/mol. The van der Waals surface area contributed by atoms with Crippen molar-refractivity contribution >= 4 is 11.8 Å². The van der Waals surface area contributed by atoms with Crippen molar-refractivity contribution < 1.29 is 28.5 Å². The summed E-state index contributed by atoms with van der Waals surface area (Å²) in [5, 5.41) is 0. The lowest BCUT2D eigenvalue weighted by molar-refractivity contribution is -0.130. The third kappa shape index (κ3) is 3.74. The van der Waals surface area contributed by atoms with Crippen molar-refractivity contribution in [2.75, 3.05) is 14.2 Å². The first kappa shape index (κ1) is 18.8. The first-order valence-electron chi connectivity index (χ1n) is 8.65. The van der Waals surface area contributed by atoms with E-state index < -0.39 is 18.2 Å². The number of carbonyl (C=O) groups is 2. The van der Waals surface area contributed by atoms with Crippen LogP contribution in [0.4, 0.5) is 0 Å². The standard InChI is InChI=1S/C21H22O6/c1-12-9-15(21(23)25-4)14(11-19(12)24-3)10-16(22)20-13(2)26-17-7-5-6-8-18(17)27-20/h5-9,11,13,20H,10H2,1-4H3. The molecule has 0 spiro atoms. The number of hydrogen-bond acceptors (Lipinski definition) is 6. The topological polar surface area (TPSA) is 71.1 Å². The highest BCUT2D eigenvalue weighted by atomic mass is 16.6. The number of aryl methyl sites for hydroxylation is 1. The van der Waals surface area contributed by atoms with Crippen molar-refractivity contribution in [2.24, 2.45) is 0 Å². The van der Waals surface area contributed by atoms with Crippen LogP contribution in [0.3, 0.4) is 0 Å². The van der Waals surface area contributed by atoms with Crippen LogP contribution < -0.4 is 14.2 Å². The number of benzene rings is 2. The fourth-order valence-corrected chi connectivity index (χ4v) is 3.15. The van der Waals surface area contributed by atoms with Gasteiger partial charge < -0.3 is 18.9 Å². The molecule has 0 saturated heterocycles. The van der Waals surface area contributed by atoms with E-state index in [0.29, 0.717) is 28.4 Å². The number of para-hydroxylation sites is 2. The zero-order valence-electron chi connectivity index (χ0n) is 15.8. The van der Waals surface area contributed by atoms with Crippen LogP contribution >= 0.6 is 0 Å². The maximum Gasteiger partial charge on any atom is 0.338 e. The van der Waals surface area contributed by atoms with Gasteiger partial charge in [0.1, 0.15) is 11.9 Å². The van der Waals surface area contributed by atoms with E-state index in [0.717, 1.165) is 5.56 Å². The lowest BCUT2D eigenvalue weighted by atomic mass is 9.95. The number of fused-ring (bicyclic) bond motifs is 1. The number of Topliss-reactive ketones (excluding diaryl/α,β-unsaturated/α-hetero) is 1. The van der Waals surface area contributed by atoms with Crippen molar-refractivity contribution in [2.45, 2.75) is 32.5 Å². The van der Waals surface area contributed by atoms with Gasteiger partial charge in [-0.2, -0.15) is 0 Å². The molecule has 2 atom stereocenters. The minimum Gasteiger partial charge on any atom is -0.496 e.